The molecule has 1 aromatic carbocycles. The number of hydrogen-bond acceptors (Lipinski definition) is 3. The number of carbonyl (C=O) groups excluding carboxylic acids is 1. The van der Waals surface area contributed by atoms with Gasteiger partial charge >= 0.3 is 0 Å². The molecular weight excluding hydrogens is 380 g/mol. The molecule has 0 bridgehead atoms. The molecule has 0 saturated carbocycles. The maximum atomic E-state index is 12.6. The third-order valence-corrected chi connectivity index (χ3v) is 6.33. The van der Waals surface area contributed by atoms with Gasteiger partial charge in [0.15, 0.2) is 5.96 Å². The SMILES string of the molecule is CCNC(=NCc1ccc(C(=O)N2CCCCC2)cc1)NCc1ccc(CC)s1. The zero-order valence-corrected chi connectivity index (χ0v) is 18.4. The topological polar surface area (TPSA) is 56.7 Å². The minimum absolute atomic E-state index is 0.150. The van der Waals surface area contributed by atoms with E-state index in [9.17, 15) is 4.79 Å². The largest absolute Gasteiger partial charge is 0.357 e. The number of benzene rings is 1. The summed E-state index contributed by atoms with van der Waals surface area (Å²) in [6.45, 7) is 8.19. The molecule has 1 amide bonds. The van der Waals surface area contributed by atoms with E-state index in [2.05, 4.69) is 36.6 Å². The van der Waals surface area contributed by atoms with Gasteiger partial charge in [-0.25, -0.2) is 4.99 Å². The highest BCUT2D eigenvalue weighted by atomic mass is 32.1. The van der Waals surface area contributed by atoms with Crippen LogP contribution in [-0.4, -0.2) is 36.4 Å². The number of hydrogen-bond donors (Lipinski definition) is 2. The molecule has 1 fully saturated rings. The number of guanidine groups is 1. The van der Waals surface area contributed by atoms with Gasteiger partial charge in [0.2, 0.25) is 0 Å². The number of rotatable bonds is 7. The van der Waals surface area contributed by atoms with Crippen molar-refractivity contribution in [2.75, 3.05) is 19.6 Å². The first kappa shape index (κ1) is 21.4. The normalized spacial score (nSPS) is 14.7. The Labute approximate surface area is 178 Å². The minimum atomic E-state index is 0.150. The molecule has 2 heterocycles. The average Bonchev–Trinajstić information content (AvgIpc) is 3.24. The summed E-state index contributed by atoms with van der Waals surface area (Å²) in [5.41, 5.74) is 1.87. The van der Waals surface area contributed by atoms with E-state index in [0.29, 0.717) is 6.54 Å². The van der Waals surface area contributed by atoms with Gasteiger partial charge in [-0.2, -0.15) is 0 Å². The quantitative estimate of drug-likeness (QED) is 0.530. The molecule has 6 heteroatoms. The number of amides is 1. The van der Waals surface area contributed by atoms with Crippen LogP contribution in [0.5, 0.6) is 0 Å². The summed E-state index contributed by atoms with van der Waals surface area (Å²) in [6, 6.07) is 12.3. The predicted octanol–water partition coefficient (Wildman–Crippen LogP) is 4.19. The molecular formula is C23H32N4OS. The predicted molar refractivity (Wildman–Crippen MR) is 122 cm³/mol. The molecule has 5 nitrogen and oxygen atoms in total. The molecule has 0 atom stereocenters. The van der Waals surface area contributed by atoms with Gasteiger partial charge in [-0.15, -0.1) is 11.3 Å². The molecule has 0 unspecified atom stereocenters. The molecule has 2 N–H and O–H groups in total. The number of likely N-dealkylation sites (tertiary alicyclic amines) is 1. The molecule has 0 spiro atoms. The highest BCUT2D eigenvalue weighted by Crippen LogP contribution is 2.17. The fourth-order valence-corrected chi connectivity index (χ4v) is 4.32. The Morgan fingerprint density at radius 2 is 1.72 bits per heavy atom. The summed E-state index contributed by atoms with van der Waals surface area (Å²) in [6.07, 6.45) is 4.54. The lowest BCUT2D eigenvalue weighted by molar-refractivity contribution is 0.0724. The Balaban J connectivity index is 1.56. The van der Waals surface area contributed by atoms with Crippen LogP contribution in [-0.2, 0) is 19.5 Å². The van der Waals surface area contributed by atoms with E-state index in [1.54, 1.807) is 0 Å². The molecule has 2 aromatic rings. The Bertz CT molecular complexity index is 807. The maximum Gasteiger partial charge on any atom is 0.253 e. The van der Waals surface area contributed by atoms with Gasteiger partial charge in [0.25, 0.3) is 5.91 Å². The van der Waals surface area contributed by atoms with Crippen LogP contribution >= 0.6 is 11.3 Å². The van der Waals surface area contributed by atoms with Crippen molar-refractivity contribution in [3.05, 3.63) is 57.3 Å². The molecule has 0 aliphatic carbocycles. The van der Waals surface area contributed by atoms with Crippen LogP contribution in [0.2, 0.25) is 0 Å². The Hall–Kier alpha value is -2.34. The molecule has 1 saturated heterocycles. The zero-order valence-electron chi connectivity index (χ0n) is 17.5. The van der Waals surface area contributed by atoms with Crippen LogP contribution in [0.15, 0.2) is 41.4 Å². The summed E-state index contributed by atoms with van der Waals surface area (Å²) in [4.78, 5) is 22.0. The highest BCUT2D eigenvalue weighted by molar-refractivity contribution is 7.11. The number of aliphatic imine (C=N–C) groups is 1. The van der Waals surface area contributed by atoms with Gasteiger partial charge in [-0.05, 0) is 62.4 Å². The first-order chi connectivity index (χ1) is 14.2. The van der Waals surface area contributed by atoms with Crippen molar-refractivity contribution in [2.45, 2.75) is 52.6 Å². The summed E-state index contributed by atoms with van der Waals surface area (Å²) in [7, 11) is 0. The van der Waals surface area contributed by atoms with Gasteiger partial charge in [-0.3, -0.25) is 4.79 Å². The fraction of sp³-hybridized carbons (Fsp3) is 0.478. The van der Waals surface area contributed by atoms with Gasteiger partial charge in [0, 0.05) is 35.0 Å². The Morgan fingerprint density at radius 3 is 2.38 bits per heavy atom. The van der Waals surface area contributed by atoms with E-state index in [1.165, 1.54) is 16.2 Å². The van der Waals surface area contributed by atoms with E-state index in [0.717, 1.165) is 62.5 Å². The van der Waals surface area contributed by atoms with Crippen molar-refractivity contribution >= 4 is 23.2 Å². The molecule has 1 aliphatic rings. The number of thiophene rings is 1. The van der Waals surface area contributed by atoms with Crippen molar-refractivity contribution in [1.82, 2.24) is 15.5 Å². The number of aryl methyl sites for hydroxylation is 1. The van der Waals surface area contributed by atoms with Crippen LogP contribution in [0.3, 0.4) is 0 Å². The minimum Gasteiger partial charge on any atom is -0.357 e. The third kappa shape index (κ3) is 6.32. The lowest BCUT2D eigenvalue weighted by atomic mass is 10.1. The van der Waals surface area contributed by atoms with Gasteiger partial charge < -0.3 is 15.5 Å². The molecule has 156 valence electrons. The molecule has 1 aromatic heterocycles. The lowest BCUT2D eigenvalue weighted by Crippen LogP contribution is -2.36. The average molecular weight is 413 g/mol. The van der Waals surface area contributed by atoms with E-state index >= 15 is 0 Å². The summed E-state index contributed by atoms with van der Waals surface area (Å²) < 4.78 is 0. The van der Waals surface area contributed by atoms with Gasteiger partial charge in [-0.1, -0.05) is 19.1 Å². The Kier molecular flexibility index (Phi) is 8.11. The van der Waals surface area contributed by atoms with Crippen LogP contribution in [0.1, 0.15) is 58.8 Å². The molecule has 3 rings (SSSR count). The number of piperidine rings is 1. The van der Waals surface area contributed by atoms with Crippen molar-refractivity contribution in [3.8, 4) is 0 Å². The van der Waals surface area contributed by atoms with Crippen molar-refractivity contribution in [2.24, 2.45) is 4.99 Å². The van der Waals surface area contributed by atoms with E-state index in [-0.39, 0.29) is 5.91 Å². The van der Waals surface area contributed by atoms with Crippen LogP contribution < -0.4 is 10.6 Å². The lowest BCUT2D eigenvalue weighted by Gasteiger charge is -2.26. The number of nitrogens with zero attached hydrogens (tertiary/aromatic N) is 2. The summed E-state index contributed by atoms with van der Waals surface area (Å²) in [5, 5.41) is 6.71. The van der Waals surface area contributed by atoms with Gasteiger partial charge in [0.05, 0.1) is 13.1 Å². The van der Waals surface area contributed by atoms with Crippen molar-refractivity contribution < 1.29 is 4.79 Å². The van der Waals surface area contributed by atoms with Crippen LogP contribution in [0.25, 0.3) is 0 Å². The molecule has 29 heavy (non-hydrogen) atoms. The standard InChI is InChI=1S/C23H32N4OS/c1-3-20-12-13-21(29-20)17-26-23(24-4-2)25-16-18-8-10-19(11-9-18)22(28)27-14-6-5-7-15-27/h8-13H,3-7,14-17H2,1-2H3,(H2,24,25,26). The van der Waals surface area contributed by atoms with Crippen LogP contribution in [0.4, 0.5) is 0 Å². The highest BCUT2D eigenvalue weighted by Gasteiger charge is 2.17. The van der Waals surface area contributed by atoms with E-state index in [1.807, 2.05) is 40.5 Å². The molecule has 0 radical (unpaired) electrons. The summed E-state index contributed by atoms with van der Waals surface area (Å²) in [5.74, 6) is 0.963. The second kappa shape index (κ2) is 11.0. The molecule has 1 aliphatic heterocycles. The summed E-state index contributed by atoms with van der Waals surface area (Å²) >= 11 is 1.84. The first-order valence-electron chi connectivity index (χ1n) is 10.7. The third-order valence-electron chi connectivity index (χ3n) is 5.10. The van der Waals surface area contributed by atoms with Crippen LogP contribution in [0, 0.1) is 0 Å². The Morgan fingerprint density at radius 1 is 1.00 bits per heavy atom. The monoisotopic (exact) mass is 412 g/mol. The fourth-order valence-electron chi connectivity index (χ4n) is 3.42. The number of carbonyl (C=O) groups is 1. The van der Waals surface area contributed by atoms with E-state index in [4.69, 9.17) is 4.99 Å². The second-order valence-electron chi connectivity index (χ2n) is 7.32. The number of nitrogens with one attached hydrogen (secondary N) is 2. The van der Waals surface area contributed by atoms with E-state index < -0.39 is 0 Å². The van der Waals surface area contributed by atoms with Crippen molar-refractivity contribution in [3.63, 3.8) is 0 Å². The van der Waals surface area contributed by atoms with Gasteiger partial charge in [0.1, 0.15) is 0 Å². The maximum absolute atomic E-state index is 12.6. The van der Waals surface area contributed by atoms with Crippen molar-refractivity contribution in [1.29, 1.82) is 0 Å². The zero-order chi connectivity index (χ0) is 20.5. The first-order valence-corrected chi connectivity index (χ1v) is 11.5. The second-order valence-corrected chi connectivity index (χ2v) is 8.57. The smallest absolute Gasteiger partial charge is 0.253 e.